The van der Waals surface area contributed by atoms with Gasteiger partial charge in [0, 0.05) is 5.56 Å². The van der Waals surface area contributed by atoms with Crippen LogP contribution in [0.1, 0.15) is 41.1 Å². The Morgan fingerprint density at radius 1 is 1.47 bits per heavy atom. The molecule has 1 aliphatic rings. The van der Waals surface area contributed by atoms with Crippen molar-refractivity contribution in [1.29, 1.82) is 0 Å². The predicted molar refractivity (Wildman–Crippen MR) is 64.2 cm³/mol. The number of nitrogens with one attached hydrogen (secondary N) is 1. The van der Waals surface area contributed by atoms with Crippen LogP contribution >= 0.6 is 0 Å². The summed E-state index contributed by atoms with van der Waals surface area (Å²) in [5, 5.41) is 0. The van der Waals surface area contributed by atoms with Gasteiger partial charge in [-0.25, -0.2) is 5.84 Å². The number of carbonyl (C=O) groups excluding carboxylic acids is 1. The van der Waals surface area contributed by atoms with E-state index in [-0.39, 0.29) is 5.91 Å². The summed E-state index contributed by atoms with van der Waals surface area (Å²) < 4.78 is 5.54. The summed E-state index contributed by atoms with van der Waals surface area (Å²) in [7, 11) is 0. The van der Waals surface area contributed by atoms with Crippen LogP contribution in [0.15, 0.2) is 10.5 Å². The molecule has 1 amide bonds. The zero-order valence-corrected chi connectivity index (χ0v) is 10.2. The van der Waals surface area contributed by atoms with Gasteiger partial charge < -0.3 is 4.42 Å². The van der Waals surface area contributed by atoms with Crippen LogP contribution in [-0.4, -0.2) is 23.9 Å². The van der Waals surface area contributed by atoms with Gasteiger partial charge in [-0.3, -0.25) is 15.1 Å². The van der Waals surface area contributed by atoms with Crippen LogP contribution in [-0.2, 0) is 6.54 Å². The molecule has 1 aromatic heterocycles. The second-order valence-electron chi connectivity index (χ2n) is 4.54. The van der Waals surface area contributed by atoms with E-state index in [9.17, 15) is 4.79 Å². The summed E-state index contributed by atoms with van der Waals surface area (Å²) in [5.41, 5.74) is 2.93. The van der Waals surface area contributed by atoms with E-state index in [1.807, 2.05) is 13.0 Å². The highest BCUT2D eigenvalue weighted by Crippen LogP contribution is 2.18. The van der Waals surface area contributed by atoms with Crippen molar-refractivity contribution in [2.24, 2.45) is 5.84 Å². The highest BCUT2D eigenvalue weighted by atomic mass is 16.4. The average molecular weight is 237 g/mol. The monoisotopic (exact) mass is 237 g/mol. The van der Waals surface area contributed by atoms with E-state index >= 15 is 0 Å². The lowest BCUT2D eigenvalue weighted by molar-refractivity contribution is 0.0920. The zero-order chi connectivity index (χ0) is 12.3. The third-order valence-electron chi connectivity index (χ3n) is 3.13. The van der Waals surface area contributed by atoms with E-state index in [0.717, 1.165) is 31.0 Å². The van der Waals surface area contributed by atoms with E-state index in [1.165, 1.54) is 19.3 Å². The Bertz CT molecular complexity index is 394. The number of carbonyl (C=O) groups is 1. The smallest absolute Gasteiger partial charge is 0.301 e. The van der Waals surface area contributed by atoms with Gasteiger partial charge in [0.2, 0.25) is 0 Å². The lowest BCUT2D eigenvalue weighted by Gasteiger charge is -2.25. The van der Waals surface area contributed by atoms with Gasteiger partial charge in [0.1, 0.15) is 5.76 Å². The number of rotatable bonds is 3. The minimum atomic E-state index is -0.368. The van der Waals surface area contributed by atoms with Crippen molar-refractivity contribution in [3.8, 4) is 0 Å². The van der Waals surface area contributed by atoms with Crippen LogP contribution in [0.2, 0.25) is 0 Å². The van der Waals surface area contributed by atoms with Crippen molar-refractivity contribution >= 4 is 5.91 Å². The Morgan fingerprint density at radius 2 is 2.18 bits per heavy atom. The van der Waals surface area contributed by atoms with E-state index in [0.29, 0.717) is 5.76 Å². The quantitative estimate of drug-likeness (QED) is 0.470. The number of hydrazine groups is 1. The molecule has 17 heavy (non-hydrogen) atoms. The third-order valence-corrected chi connectivity index (χ3v) is 3.13. The number of amides is 1. The molecule has 94 valence electrons. The maximum absolute atomic E-state index is 11.4. The molecule has 1 fully saturated rings. The Hall–Kier alpha value is -1.33. The summed E-state index contributed by atoms with van der Waals surface area (Å²) in [4.78, 5) is 13.7. The number of nitrogens with two attached hydrogens (primary N) is 1. The number of hydrogen-bond acceptors (Lipinski definition) is 4. The molecule has 1 saturated heterocycles. The van der Waals surface area contributed by atoms with Crippen molar-refractivity contribution in [2.75, 3.05) is 13.1 Å². The standard InChI is InChI=1S/C12H19N3O2/c1-9-7-10(17-11(9)12(16)14-13)8-15-5-3-2-4-6-15/h7H,2-6,8,13H2,1H3,(H,14,16). The largest absolute Gasteiger partial charge is 0.454 e. The van der Waals surface area contributed by atoms with Crippen LogP contribution in [0.5, 0.6) is 0 Å². The molecule has 1 aliphatic heterocycles. The number of nitrogens with zero attached hydrogens (tertiary/aromatic N) is 1. The van der Waals surface area contributed by atoms with Gasteiger partial charge in [0.05, 0.1) is 6.54 Å². The molecule has 3 N–H and O–H groups in total. The minimum absolute atomic E-state index is 0.319. The lowest BCUT2D eigenvalue weighted by Crippen LogP contribution is -2.30. The molecule has 0 saturated carbocycles. The Morgan fingerprint density at radius 3 is 2.82 bits per heavy atom. The van der Waals surface area contributed by atoms with Gasteiger partial charge in [-0.2, -0.15) is 0 Å². The zero-order valence-electron chi connectivity index (χ0n) is 10.2. The Kier molecular flexibility index (Phi) is 3.81. The molecule has 0 spiro atoms. The first-order valence-electron chi connectivity index (χ1n) is 6.03. The summed E-state index contributed by atoms with van der Waals surface area (Å²) in [5.74, 6) is 5.88. The van der Waals surface area contributed by atoms with Gasteiger partial charge in [0.25, 0.3) is 0 Å². The molecule has 0 bridgehead atoms. The molecule has 1 aromatic rings. The molecule has 2 heterocycles. The van der Waals surface area contributed by atoms with Crippen molar-refractivity contribution in [3.63, 3.8) is 0 Å². The highest BCUT2D eigenvalue weighted by Gasteiger charge is 2.17. The van der Waals surface area contributed by atoms with Crippen molar-refractivity contribution in [3.05, 3.63) is 23.2 Å². The molecule has 0 aliphatic carbocycles. The second-order valence-corrected chi connectivity index (χ2v) is 4.54. The maximum Gasteiger partial charge on any atom is 0.301 e. The van der Waals surface area contributed by atoms with Gasteiger partial charge in [0.15, 0.2) is 5.76 Å². The number of piperidine rings is 1. The van der Waals surface area contributed by atoms with Crippen molar-refractivity contribution in [2.45, 2.75) is 32.7 Å². The molecule has 0 unspecified atom stereocenters. The van der Waals surface area contributed by atoms with Gasteiger partial charge >= 0.3 is 5.91 Å². The second kappa shape index (κ2) is 5.33. The Balaban J connectivity index is 2.03. The van der Waals surface area contributed by atoms with E-state index < -0.39 is 0 Å². The Labute approximate surface area is 101 Å². The minimum Gasteiger partial charge on any atom is -0.454 e. The number of hydrogen-bond donors (Lipinski definition) is 2. The lowest BCUT2D eigenvalue weighted by atomic mass is 10.1. The van der Waals surface area contributed by atoms with Crippen molar-refractivity contribution < 1.29 is 9.21 Å². The summed E-state index contributed by atoms with van der Waals surface area (Å²) in [6.45, 7) is 4.85. The van der Waals surface area contributed by atoms with Crippen LogP contribution in [0.4, 0.5) is 0 Å². The van der Waals surface area contributed by atoms with Crippen LogP contribution < -0.4 is 11.3 Å². The summed E-state index contributed by atoms with van der Waals surface area (Å²) in [6.07, 6.45) is 3.81. The fraction of sp³-hybridized carbons (Fsp3) is 0.583. The molecule has 0 radical (unpaired) electrons. The molecule has 2 rings (SSSR count). The average Bonchev–Trinajstić information content (AvgIpc) is 2.70. The molecular formula is C12H19N3O2. The van der Waals surface area contributed by atoms with E-state index in [2.05, 4.69) is 10.3 Å². The molecular weight excluding hydrogens is 218 g/mol. The molecule has 5 heteroatoms. The molecule has 0 aromatic carbocycles. The SMILES string of the molecule is Cc1cc(CN2CCCCC2)oc1C(=O)NN. The number of aryl methyl sites for hydroxylation is 1. The first-order chi connectivity index (χ1) is 8.20. The van der Waals surface area contributed by atoms with Crippen LogP contribution in [0, 0.1) is 6.92 Å². The van der Waals surface area contributed by atoms with Crippen molar-refractivity contribution in [1.82, 2.24) is 10.3 Å². The van der Waals surface area contributed by atoms with Crippen LogP contribution in [0.25, 0.3) is 0 Å². The third kappa shape index (κ3) is 2.87. The topological polar surface area (TPSA) is 71.5 Å². The number of likely N-dealkylation sites (tertiary alicyclic amines) is 1. The molecule has 5 nitrogen and oxygen atoms in total. The maximum atomic E-state index is 11.4. The van der Waals surface area contributed by atoms with Gasteiger partial charge in [-0.1, -0.05) is 6.42 Å². The van der Waals surface area contributed by atoms with Gasteiger partial charge in [-0.15, -0.1) is 0 Å². The highest BCUT2D eigenvalue weighted by molar-refractivity contribution is 5.92. The normalized spacial score (nSPS) is 17.1. The van der Waals surface area contributed by atoms with E-state index in [1.54, 1.807) is 0 Å². The summed E-state index contributed by atoms with van der Waals surface area (Å²) in [6, 6.07) is 1.92. The predicted octanol–water partition coefficient (Wildman–Crippen LogP) is 1.18. The molecule has 0 atom stereocenters. The fourth-order valence-corrected chi connectivity index (χ4v) is 2.25. The number of furan rings is 1. The fourth-order valence-electron chi connectivity index (χ4n) is 2.25. The van der Waals surface area contributed by atoms with E-state index in [4.69, 9.17) is 10.3 Å². The van der Waals surface area contributed by atoms with Crippen LogP contribution in [0.3, 0.4) is 0 Å². The van der Waals surface area contributed by atoms with Gasteiger partial charge in [-0.05, 0) is 38.9 Å². The first-order valence-corrected chi connectivity index (χ1v) is 6.03. The number of nitrogen functional groups attached to an aromatic ring is 1. The summed E-state index contributed by atoms with van der Waals surface area (Å²) >= 11 is 0. The first kappa shape index (κ1) is 12.1.